The van der Waals surface area contributed by atoms with Gasteiger partial charge >= 0.3 is 5.97 Å². The summed E-state index contributed by atoms with van der Waals surface area (Å²) in [6.45, 7) is 10.2. The van der Waals surface area contributed by atoms with E-state index < -0.39 is 11.9 Å². The summed E-state index contributed by atoms with van der Waals surface area (Å²) in [6.07, 6.45) is 2.64. The number of aromatic nitrogens is 1. The maximum absolute atomic E-state index is 11.3. The molecule has 116 valence electrons. The summed E-state index contributed by atoms with van der Waals surface area (Å²) in [5, 5.41) is 13.6. The van der Waals surface area contributed by atoms with Crippen molar-refractivity contribution in [2.75, 3.05) is 11.9 Å². The maximum Gasteiger partial charge on any atom is 0.312 e. The van der Waals surface area contributed by atoms with Gasteiger partial charge in [0.1, 0.15) is 5.92 Å². The normalized spacial score (nSPS) is 26.2. The minimum absolute atomic E-state index is 0.362. The van der Waals surface area contributed by atoms with Crippen molar-refractivity contribution in [3.8, 4) is 0 Å². The van der Waals surface area contributed by atoms with Gasteiger partial charge in [-0.25, -0.2) is 4.98 Å². The Labute approximate surface area is 130 Å². The van der Waals surface area contributed by atoms with Gasteiger partial charge in [0.2, 0.25) is 0 Å². The molecule has 1 saturated carbocycles. The smallest absolute Gasteiger partial charge is 0.312 e. The van der Waals surface area contributed by atoms with E-state index in [1.165, 1.54) is 0 Å². The lowest BCUT2D eigenvalue weighted by atomic mass is 9.91. The molecule has 3 rings (SSSR count). The van der Waals surface area contributed by atoms with Crippen molar-refractivity contribution in [1.82, 2.24) is 4.98 Å². The van der Waals surface area contributed by atoms with E-state index in [1.54, 1.807) is 11.3 Å². The van der Waals surface area contributed by atoms with Crippen molar-refractivity contribution < 1.29 is 9.90 Å². The van der Waals surface area contributed by atoms with Gasteiger partial charge in [0, 0.05) is 11.4 Å². The van der Waals surface area contributed by atoms with E-state index in [-0.39, 0.29) is 0 Å². The van der Waals surface area contributed by atoms with Crippen LogP contribution in [0.5, 0.6) is 0 Å². The number of carboxylic acids is 1. The number of hydrogen-bond acceptors (Lipinski definition) is 4. The average Bonchev–Trinajstić information content (AvgIpc) is 2.73. The zero-order valence-electron chi connectivity index (χ0n) is 13.2. The number of rotatable bonds is 4. The molecule has 2 aliphatic carbocycles. The summed E-state index contributed by atoms with van der Waals surface area (Å²) in [5.74, 6) is -0.507. The first kappa shape index (κ1) is 14.8. The van der Waals surface area contributed by atoms with Crippen LogP contribution >= 0.6 is 11.3 Å². The van der Waals surface area contributed by atoms with Crippen LogP contribution in [0.25, 0.3) is 0 Å². The van der Waals surface area contributed by atoms with Crippen LogP contribution in [0, 0.1) is 16.7 Å². The standard InChI is InChI=1S/C16H24N2O2S/c1-15(2)11(16(15,3)4)8-17-14-18-12-9(13(19)20)6-5-7-10(12)21-14/h9,11H,5-8H2,1-4H3,(H,17,18)(H,19,20). The third kappa shape index (κ3) is 2.26. The van der Waals surface area contributed by atoms with E-state index in [2.05, 4.69) is 38.0 Å². The van der Waals surface area contributed by atoms with Gasteiger partial charge in [0.05, 0.1) is 5.69 Å². The molecule has 2 N–H and O–H groups in total. The molecule has 5 heteroatoms. The molecule has 0 saturated heterocycles. The van der Waals surface area contributed by atoms with Crippen molar-refractivity contribution in [1.29, 1.82) is 0 Å². The molecule has 1 aromatic rings. The number of thiazole rings is 1. The van der Waals surface area contributed by atoms with Crippen molar-refractivity contribution in [2.24, 2.45) is 16.7 Å². The summed E-state index contributed by atoms with van der Waals surface area (Å²) >= 11 is 1.64. The Balaban J connectivity index is 1.70. The molecule has 0 aromatic carbocycles. The number of aliphatic carboxylic acids is 1. The highest BCUT2D eigenvalue weighted by atomic mass is 32.1. The van der Waals surface area contributed by atoms with E-state index >= 15 is 0 Å². The number of nitrogens with zero attached hydrogens (tertiary/aromatic N) is 1. The minimum Gasteiger partial charge on any atom is -0.481 e. The fourth-order valence-corrected chi connectivity index (χ4v) is 4.84. The van der Waals surface area contributed by atoms with Crippen LogP contribution < -0.4 is 5.32 Å². The summed E-state index contributed by atoms with van der Waals surface area (Å²) in [4.78, 5) is 17.1. The first-order valence-electron chi connectivity index (χ1n) is 7.71. The van der Waals surface area contributed by atoms with Crippen LogP contribution in [0.3, 0.4) is 0 Å². The highest BCUT2D eigenvalue weighted by molar-refractivity contribution is 7.15. The summed E-state index contributed by atoms with van der Waals surface area (Å²) < 4.78 is 0. The molecule has 0 amide bonds. The summed E-state index contributed by atoms with van der Waals surface area (Å²) in [5.41, 5.74) is 1.52. The lowest BCUT2D eigenvalue weighted by molar-refractivity contribution is -0.139. The van der Waals surface area contributed by atoms with Crippen LogP contribution in [0.15, 0.2) is 0 Å². The number of anilines is 1. The molecule has 4 nitrogen and oxygen atoms in total. The van der Waals surface area contributed by atoms with Gasteiger partial charge in [-0.1, -0.05) is 27.7 Å². The first-order valence-corrected chi connectivity index (χ1v) is 8.53. The molecule has 1 atom stereocenters. The molecule has 1 fully saturated rings. The van der Waals surface area contributed by atoms with E-state index in [0.29, 0.717) is 23.2 Å². The van der Waals surface area contributed by atoms with Crippen LogP contribution in [-0.2, 0) is 11.2 Å². The molecule has 0 aliphatic heterocycles. The van der Waals surface area contributed by atoms with Gasteiger partial charge in [0.15, 0.2) is 5.13 Å². The maximum atomic E-state index is 11.3. The molecular weight excluding hydrogens is 284 g/mol. The van der Waals surface area contributed by atoms with Crippen LogP contribution in [-0.4, -0.2) is 22.6 Å². The summed E-state index contributed by atoms with van der Waals surface area (Å²) in [6, 6.07) is 0. The Morgan fingerprint density at radius 2 is 2.05 bits per heavy atom. The molecule has 0 radical (unpaired) electrons. The highest BCUT2D eigenvalue weighted by Crippen LogP contribution is 2.68. The average molecular weight is 308 g/mol. The second kappa shape index (κ2) is 4.70. The highest BCUT2D eigenvalue weighted by Gasteiger charge is 2.64. The van der Waals surface area contributed by atoms with Crippen LogP contribution in [0.4, 0.5) is 5.13 Å². The van der Waals surface area contributed by atoms with E-state index in [1.807, 2.05) is 0 Å². The third-order valence-corrected chi connectivity index (χ3v) is 7.12. The molecule has 2 aliphatic rings. The first-order chi connectivity index (χ1) is 9.75. The van der Waals surface area contributed by atoms with Gasteiger partial charge in [-0.3, -0.25) is 4.79 Å². The number of carboxylic acid groups (broad SMARTS) is 1. The van der Waals surface area contributed by atoms with Gasteiger partial charge in [-0.15, -0.1) is 11.3 Å². The lowest BCUT2D eigenvalue weighted by Gasteiger charge is -2.16. The Hall–Kier alpha value is -1.10. The molecule has 0 spiro atoms. The van der Waals surface area contributed by atoms with Crippen molar-refractivity contribution in [3.05, 3.63) is 10.6 Å². The quantitative estimate of drug-likeness (QED) is 0.889. The van der Waals surface area contributed by atoms with Crippen LogP contribution in [0.1, 0.15) is 57.0 Å². The van der Waals surface area contributed by atoms with Crippen molar-refractivity contribution in [3.63, 3.8) is 0 Å². The van der Waals surface area contributed by atoms with Gasteiger partial charge in [-0.2, -0.15) is 0 Å². The monoisotopic (exact) mass is 308 g/mol. The molecule has 1 aromatic heterocycles. The SMILES string of the molecule is CC1(C)C(CNc2nc3c(s2)CCCC3C(=O)O)C1(C)C. The molecule has 1 heterocycles. The number of hydrogen-bond donors (Lipinski definition) is 2. The largest absolute Gasteiger partial charge is 0.481 e. The van der Waals surface area contributed by atoms with Gasteiger partial charge < -0.3 is 10.4 Å². The zero-order chi connectivity index (χ0) is 15.4. The lowest BCUT2D eigenvalue weighted by Crippen LogP contribution is -2.17. The molecular formula is C16H24N2O2S. The molecule has 21 heavy (non-hydrogen) atoms. The minimum atomic E-state index is -0.739. The Bertz CT molecular complexity index is 563. The number of aryl methyl sites for hydroxylation is 1. The Morgan fingerprint density at radius 1 is 1.38 bits per heavy atom. The number of carbonyl (C=O) groups is 1. The fourth-order valence-electron chi connectivity index (χ4n) is 3.77. The number of fused-ring (bicyclic) bond motifs is 1. The van der Waals surface area contributed by atoms with Crippen molar-refractivity contribution in [2.45, 2.75) is 52.9 Å². The van der Waals surface area contributed by atoms with E-state index in [4.69, 9.17) is 0 Å². The molecule has 1 unspecified atom stereocenters. The predicted octanol–water partition coefficient (Wildman–Crippen LogP) is 3.74. The Morgan fingerprint density at radius 3 is 2.62 bits per heavy atom. The second-order valence-corrected chi connectivity index (χ2v) is 8.57. The number of nitrogens with one attached hydrogen (secondary N) is 1. The van der Waals surface area contributed by atoms with Crippen LogP contribution in [0.2, 0.25) is 0 Å². The van der Waals surface area contributed by atoms with Gasteiger partial charge in [-0.05, 0) is 36.0 Å². The van der Waals surface area contributed by atoms with Gasteiger partial charge in [0.25, 0.3) is 0 Å². The van der Waals surface area contributed by atoms with E-state index in [0.717, 1.165) is 35.1 Å². The third-order valence-electron chi connectivity index (χ3n) is 6.03. The van der Waals surface area contributed by atoms with E-state index in [9.17, 15) is 9.90 Å². The van der Waals surface area contributed by atoms with Crippen molar-refractivity contribution >= 4 is 22.4 Å². The Kier molecular flexibility index (Phi) is 3.32. The second-order valence-electron chi connectivity index (χ2n) is 7.49. The predicted molar refractivity (Wildman–Crippen MR) is 85.0 cm³/mol. The summed E-state index contributed by atoms with van der Waals surface area (Å²) in [7, 11) is 0. The molecule has 0 bridgehead atoms. The zero-order valence-corrected chi connectivity index (χ0v) is 14.0. The fraction of sp³-hybridized carbons (Fsp3) is 0.750. The topological polar surface area (TPSA) is 62.2 Å².